The Labute approximate surface area is 131 Å². The lowest BCUT2D eigenvalue weighted by atomic mass is 10.2. The van der Waals surface area contributed by atoms with Gasteiger partial charge in [0.2, 0.25) is 0 Å². The van der Waals surface area contributed by atoms with Gasteiger partial charge in [0, 0.05) is 37.1 Å². The van der Waals surface area contributed by atoms with Gasteiger partial charge in [-0.3, -0.25) is 9.89 Å². The second kappa shape index (κ2) is 8.36. The molecule has 1 aliphatic rings. The minimum absolute atomic E-state index is 0.462. The van der Waals surface area contributed by atoms with E-state index < -0.39 is 0 Å². The van der Waals surface area contributed by atoms with Crippen molar-refractivity contribution in [1.82, 2.24) is 15.5 Å². The van der Waals surface area contributed by atoms with Crippen molar-refractivity contribution in [3.05, 3.63) is 22.4 Å². The Morgan fingerprint density at radius 1 is 1.57 bits per heavy atom. The number of hydrogen-bond acceptors (Lipinski definition) is 4. The summed E-state index contributed by atoms with van der Waals surface area (Å²) in [5.74, 6) is 0.858. The predicted molar refractivity (Wildman–Crippen MR) is 89.0 cm³/mol. The van der Waals surface area contributed by atoms with Gasteiger partial charge < -0.3 is 15.4 Å². The van der Waals surface area contributed by atoms with E-state index in [0.29, 0.717) is 12.1 Å². The van der Waals surface area contributed by atoms with Gasteiger partial charge in [-0.2, -0.15) is 0 Å². The van der Waals surface area contributed by atoms with E-state index in [0.717, 1.165) is 38.8 Å². The van der Waals surface area contributed by atoms with E-state index in [2.05, 4.69) is 51.9 Å². The van der Waals surface area contributed by atoms with Crippen LogP contribution in [0.5, 0.6) is 0 Å². The fraction of sp³-hybridized carbons (Fsp3) is 0.667. The molecule has 2 atom stereocenters. The van der Waals surface area contributed by atoms with E-state index >= 15 is 0 Å². The Bertz CT molecular complexity index is 435. The smallest absolute Gasteiger partial charge is 0.191 e. The Balaban J connectivity index is 1.74. The summed E-state index contributed by atoms with van der Waals surface area (Å²) in [6.45, 7) is 8.84. The lowest BCUT2D eigenvalue weighted by molar-refractivity contribution is -0.0174. The van der Waals surface area contributed by atoms with Crippen LogP contribution in [0, 0.1) is 0 Å². The number of ether oxygens (including phenoxy) is 1. The van der Waals surface area contributed by atoms with Gasteiger partial charge in [0.1, 0.15) is 0 Å². The zero-order valence-electron chi connectivity index (χ0n) is 13.1. The van der Waals surface area contributed by atoms with E-state index in [1.54, 1.807) is 11.3 Å². The average Bonchev–Trinajstić information content (AvgIpc) is 3.01. The molecule has 1 aromatic rings. The number of nitrogens with one attached hydrogen (secondary N) is 2. The number of hydrogen-bond donors (Lipinski definition) is 2. The number of guanidine groups is 1. The van der Waals surface area contributed by atoms with E-state index in [1.165, 1.54) is 4.88 Å². The zero-order valence-corrected chi connectivity index (χ0v) is 13.9. The first-order valence-electron chi connectivity index (χ1n) is 7.51. The molecule has 0 saturated carbocycles. The normalized spacial score (nSPS) is 22.0. The van der Waals surface area contributed by atoms with Crippen molar-refractivity contribution in [1.29, 1.82) is 0 Å². The molecule has 0 aliphatic carbocycles. The molecule has 118 valence electrons. The number of nitrogens with zero attached hydrogens (tertiary/aromatic N) is 2. The lowest BCUT2D eigenvalue weighted by Crippen LogP contribution is -2.52. The van der Waals surface area contributed by atoms with Crippen LogP contribution in [0.3, 0.4) is 0 Å². The van der Waals surface area contributed by atoms with Crippen LogP contribution in [0.2, 0.25) is 0 Å². The molecule has 21 heavy (non-hydrogen) atoms. The minimum Gasteiger partial charge on any atom is -0.379 e. The highest BCUT2D eigenvalue weighted by atomic mass is 32.1. The third-order valence-corrected chi connectivity index (χ3v) is 4.66. The molecule has 0 spiro atoms. The summed E-state index contributed by atoms with van der Waals surface area (Å²) < 4.78 is 5.49. The highest BCUT2D eigenvalue weighted by molar-refractivity contribution is 7.09. The van der Waals surface area contributed by atoms with Gasteiger partial charge in [-0.15, -0.1) is 11.3 Å². The van der Waals surface area contributed by atoms with Crippen LogP contribution in [0.1, 0.15) is 18.7 Å². The second-order valence-corrected chi connectivity index (χ2v) is 6.43. The maximum atomic E-state index is 5.49. The van der Waals surface area contributed by atoms with Gasteiger partial charge in [-0.05, 0) is 25.3 Å². The van der Waals surface area contributed by atoms with E-state index in [4.69, 9.17) is 4.74 Å². The molecule has 6 heteroatoms. The summed E-state index contributed by atoms with van der Waals surface area (Å²) >= 11 is 1.76. The van der Waals surface area contributed by atoms with Crippen molar-refractivity contribution in [2.75, 3.05) is 33.4 Å². The average molecular weight is 310 g/mol. The first-order valence-corrected chi connectivity index (χ1v) is 8.39. The number of morpholine rings is 1. The van der Waals surface area contributed by atoms with Crippen LogP contribution in [0.4, 0.5) is 0 Å². The zero-order chi connectivity index (χ0) is 15.1. The summed E-state index contributed by atoms with van der Waals surface area (Å²) in [6.07, 6.45) is 0. The third kappa shape index (κ3) is 4.98. The quantitative estimate of drug-likeness (QED) is 0.639. The van der Waals surface area contributed by atoms with Crippen LogP contribution in [-0.2, 0) is 11.3 Å². The van der Waals surface area contributed by atoms with Gasteiger partial charge in [-0.1, -0.05) is 6.07 Å². The Kier molecular flexibility index (Phi) is 6.48. The lowest BCUT2D eigenvalue weighted by Gasteiger charge is -2.38. The molecule has 0 bridgehead atoms. The van der Waals surface area contributed by atoms with Crippen LogP contribution in [0.15, 0.2) is 22.5 Å². The molecule has 1 saturated heterocycles. The van der Waals surface area contributed by atoms with Crippen LogP contribution in [-0.4, -0.2) is 56.3 Å². The molecule has 0 radical (unpaired) electrons. The molecule has 0 aromatic carbocycles. The molecule has 2 rings (SSSR count). The van der Waals surface area contributed by atoms with E-state index in [-0.39, 0.29) is 0 Å². The molecule has 1 aromatic heterocycles. The number of aliphatic imine (C=N–C) groups is 1. The van der Waals surface area contributed by atoms with Gasteiger partial charge in [-0.25, -0.2) is 0 Å². The summed E-state index contributed by atoms with van der Waals surface area (Å²) in [5.41, 5.74) is 0. The van der Waals surface area contributed by atoms with Crippen molar-refractivity contribution >= 4 is 17.3 Å². The van der Waals surface area contributed by atoms with Crippen molar-refractivity contribution in [2.24, 2.45) is 4.99 Å². The summed E-state index contributed by atoms with van der Waals surface area (Å²) in [6, 6.07) is 5.14. The first-order chi connectivity index (χ1) is 10.2. The minimum atomic E-state index is 0.462. The number of thiophene rings is 1. The molecule has 1 fully saturated rings. The molecular formula is C15H26N4OS. The van der Waals surface area contributed by atoms with Crippen molar-refractivity contribution in [3.8, 4) is 0 Å². The Morgan fingerprint density at radius 3 is 3.10 bits per heavy atom. The molecule has 5 nitrogen and oxygen atoms in total. The van der Waals surface area contributed by atoms with Gasteiger partial charge >= 0.3 is 0 Å². The van der Waals surface area contributed by atoms with E-state index in [1.807, 2.05) is 7.05 Å². The van der Waals surface area contributed by atoms with Gasteiger partial charge in [0.25, 0.3) is 0 Å². The standard InChI is InChI=1S/C15H26N4OS/c1-12(19-6-7-20-11-13(19)2)9-17-15(16-3)18-10-14-5-4-8-21-14/h4-5,8,12-13H,6-7,9-11H2,1-3H3,(H2,16,17,18). The van der Waals surface area contributed by atoms with Crippen molar-refractivity contribution < 1.29 is 4.74 Å². The van der Waals surface area contributed by atoms with Crippen molar-refractivity contribution in [2.45, 2.75) is 32.5 Å². The fourth-order valence-electron chi connectivity index (χ4n) is 2.56. The van der Waals surface area contributed by atoms with Crippen LogP contribution < -0.4 is 10.6 Å². The maximum Gasteiger partial charge on any atom is 0.191 e. The van der Waals surface area contributed by atoms with Gasteiger partial charge in [0.15, 0.2) is 5.96 Å². The van der Waals surface area contributed by atoms with E-state index in [9.17, 15) is 0 Å². The molecule has 2 unspecified atom stereocenters. The first kappa shape index (κ1) is 16.3. The van der Waals surface area contributed by atoms with Crippen LogP contribution in [0.25, 0.3) is 0 Å². The third-order valence-electron chi connectivity index (χ3n) is 3.78. The second-order valence-electron chi connectivity index (χ2n) is 5.40. The monoisotopic (exact) mass is 310 g/mol. The maximum absolute atomic E-state index is 5.49. The topological polar surface area (TPSA) is 48.9 Å². The fourth-order valence-corrected chi connectivity index (χ4v) is 3.21. The highest BCUT2D eigenvalue weighted by Crippen LogP contribution is 2.10. The van der Waals surface area contributed by atoms with Crippen molar-refractivity contribution in [3.63, 3.8) is 0 Å². The molecule has 2 heterocycles. The highest BCUT2D eigenvalue weighted by Gasteiger charge is 2.23. The molecule has 0 amide bonds. The summed E-state index contributed by atoms with van der Waals surface area (Å²) in [5, 5.41) is 8.85. The largest absolute Gasteiger partial charge is 0.379 e. The molecule has 1 aliphatic heterocycles. The molecular weight excluding hydrogens is 284 g/mol. The summed E-state index contributed by atoms with van der Waals surface area (Å²) in [4.78, 5) is 8.08. The summed E-state index contributed by atoms with van der Waals surface area (Å²) in [7, 11) is 1.81. The van der Waals surface area contributed by atoms with Gasteiger partial charge in [0.05, 0.1) is 19.8 Å². The van der Waals surface area contributed by atoms with Crippen LogP contribution >= 0.6 is 11.3 Å². The number of rotatable bonds is 5. The molecule has 2 N–H and O–H groups in total. The SMILES string of the molecule is CN=C(NCc1cccs1)NCC(C)N1CCOCC1C. The Hall–Kier alpha value is -1.11. The Morgan fingerprint density at radius 2 is 2.43 bits per heavy atom. The predicted octanol–water partition coefficient (Wildman–Crippen LogP) is 1.52.